The van der Waals surface area contributed by atoms with Gasteiger partial charge in [-0.2, -0.15) is 0 Å². The fourth-order valence-corrected chi connectivity index (χ4v) is 0.852. The van der Waals surface area contributed by atoms with Gasteiger partial charge in [-0.05, 0) is 18.1 Å². The fourth-order valence-electron chi connectivity index (χ4n) is 0.698. The number of hydrogen-bond donors (Lipinski definition) is 1. The van der Waals surface area contributed by atoms with Crippen LogP contribution in [-0.2, 0) is 4.79 Å². The molecule has 0 fully saturated rings. The summed E-state index contributed by atoms with van der Waals surface area (Å²) in [6.07, 6.45) is 0.926. The summed E-state index contributed by atoms with van der Waals surface area (Å²) in [5, 5.41) is 0.234. The molecule has 1 aromatic heterocycles. The number of rotatable bonds is 1. The molecule has 0 aromatic carbocycles. The molecule has 66 valence electrons. The second-order valence-corrected chi connectivity index (χ2v) is 2.61. The van der Waals surface area contributed by atoms with E-state index in [1.165, 1.54) is 0 Å². The number of carbonyl (C=O) groups excluding carboxylic acids is 1. The Morgan fingerprint density at radius 2 is 2.38 bits per heavy atom. The van der Waals surface area contributed by atoms with E-state index in [4.69, 9.17) is 17.3 Å². The van der Waals surface area contributed by atoms with Crippen molar-refractivity contribution in [3.8, 4) is 11.8 Å². The lowest BCUT2D eigenvalue weighted by molar-refractivity contribution is -0.107. The van der Waals surface area contributed by atoms with Crippen molar-refractivity contribution in [3.05, 3.63) is 23.0 Å². The van der Waals surface area contributed by atoms with Crippen LogP contribution < -0.4 is 5.73 Å². The van der Waals surface area contributed by atoms with Gasteiger partial charge in [-0.3, -0.25) is 0 Å². The summed E-state index contributed by atoms with van der Waals surface area (Å²) in [5.41, 5.74) is 6.38. The standard InChI is InChI=1S/C9H7ClN2O/c10-9-8(11)5-4-7(12-9)3-1-2-6-13/h4-6H,2,11H2. The molecule has 0 radical (unpaired) electrons. The minimum atomic E-state index is 0.198. The smallest absolute Gasteiger partial charge is 0.153 e. The Bertz CT molecular complexity index is 379. The van der Waals surface area contributed by atoms with E-state index in [0.717, 1.165) is 6.29 Å². The molecular formula is C9H7ClN2O. The highest BCUT2D eigenvalue weighted by atomic mass is 35.5. The van der Waals surface area contributed by atoms with Crippen molar-refractivity contribution in [2.75, 3.05) is 5.73 Å². The number of halogens is 1. The largest absolute Gasteiger partial charge is 0.396 e. The van der Waals surface area contributed by atoms with Gasteiger partial charge < -0.3 is 10.5 Å². The third-order valence-electron chi connectivity index (χ3n) is 1.28. The van der Waals surface area contributed by atoms with E-state index in [1.807, 2.05) is 0 Å². The first-order valence-corrected chi connectivity index (χ1v) is 3.96. The van der Waals surface area contributed by atoms with Crippen LogP contribution in [0.1, 0.15) is 12.1 Å². The van der Waals surface area contributed by atoms with Gasteiger partial charge in [0.2, 0.25) is 0 Å². The van der Waals surface area contributed by atoms with Crippen molar-refractivity contribution >= 4 is 23.6 Å². The topological polar surface area (TPSA) is 56.0 Å². The molecule has 0 bridgehead atoms. The van der Waals surface area contributed by atoms with Crippen molar-refractivity contribution in [1.29, 1.82) is 0 Å². The van der Waals surface area contributed by atoms with Gasteiger partial charge in [-0.25, -0.2) is 4.98 Å². The van der Waals surface area contributed by atoms with Gasteiger partial charge >= 0.3 is 0 Å². The van der Waals surface area contributed by atoms with Crippen LogP contribution in [0.25, 0.3) is 0 Å². The number of hydrogen-bond acceptors (Lipinski definition) is 3. The Labute approximate surface area is 80.9 Å². The quantitative estimate of drug-likeness (QED) is 0.416. The molecular weight excluding hydrogens is 188 g/mol. The van der Waals surface area contributed by atoms with Gasteiger partial charge in [-0.15, -0.1) is 0 Å². The molecule has 1 heterocycles. The minimum Gasteiger partial charge on any atom is -0.396 e. The molecule has 0 amide bonds. The number of carbonyl (C=O) groups is 1. The normalized spacial score (nSPS) is 8.69. The van der Waals surface area contributed by atoms with Crippen molar-refractivity contribution in [2.45, 2.75) is 6.42 Å². The molecule has 13 heavy (non-hydrogen) atoms. The van der Waals surface area contributed by atoms with Crippen LogP contribution in [0, 0.1) is 11.8 Å². The summed E-state index contributed by atoms with van der Waals surface area (Å²) >= 11 is 5.65. The van der Waals surface area contributed by atoms with Crippen LogP contribution >= 0.6 is 11.6 Å². The van der Waals surface area contributed by atoms with Crippen LogP contribution in [0.2, 0.25) is 5.15 Å². The van der Waals surface area contributed by atoms with Crippen molar-refractivity contribution in [2.24, 2.45) is 0 Å². The molecule has 0 aliphatic carbocycles. The Kier molecular flexibility index (Phi) is 3.30. The number of aldehydes is 1. The lowest BCUT2D eigenvalue weighted by Gasteiger charge is -1.95. The first-order chi connectivity index (χ1) is 6.24. The van der Waals surface area contributed by atoms with Crippen molar-refractivity contribution in [3.63, 3.8) is 0 Å². The zero-order valence-electron chi connectivity index (χ0n) is 6.75. The van der Waals surface area contributed by atoms with Crippen LogP contribution in [0.15, 0.2) is 12.1 Å². The highest BCUT2D eigenvalue weighted by Crippen LogP contribution is 2.14. The van der Waals surface area contributed by atoms with E-state index >= 15 is 0 Å². The van der Waals surface area contributed by atoms with E-state index in [2.05, 4.69) is 16.8 Å². The lowest BCUT2D eigenvalue weighted by Crippen LogP contribution is -1.90. The molecule has 0 saturated carbocycles. The summed E-state index contributed by atoms with van der Waals surface area (Å²) in [7, 11) is 0. The Morgan fingerprint density at radius 3 is 3.00 bits per heavy atom. The molecule has 1 aromatic rings. The third kappa shape index (κ3) is 2.77. The van der Waals surface area contributed by atoms with Gasteiger partial charge in [-0.1, -0.05) is 17.5 Å². The third-order valence-corrected chi connectivity index (χ3v) is 1.58. The number of nitrogens with two attached hydrogens (primary N) is 1. The molecule has 0 atom stereocenters. The predicted molar refractivity (Wildman–Crippen MR) is 51.2 cm³/mol. The minimum absolute atomic E-state index is 0.198. The van der Waals surface area contributed by atoms with E-state index in [9.17, 15) is 4.79 Å². The molecule has 3 nitrogen and oxygen atoms in total. The van der Waals surface area contributed by atoms with Crippen LogP contribution in [0.3, 0.4) is 0 Å². The van der Waals surface area contributed by atoms with Crippen LogP contribution in [0.5, 0.6) is 0 Å². The van der Waals surface area contributed by atoms with Gasteiger partial charge in [0.15, 0.2) is 5.15 Å². The number of nitrogens with zero attached hydrogens (tertiary/aromatic N) is 1. The SMILES string of the molecule is Nc1ccc(C#CCC=O)nc1Cl. The maximum Gasteiger partial charge on any atom is 0.153 e. The summed E-state index contributed by atoms with van der Waals surface area (Å²) in [6.45, 7) is 0. The highest BCUT2D eigenvalue weighted by Gasteiger charge is 1.96. The highest BCUT2D eigenvalue weighted by molar-refractivity contribution is 6.31. The molecule has 2 N–H and O–H groups in total. The first-order valence-electron chi connectivity index (χ1n) is 3.58. The number of pyridine rings is 1. The van der Waals surface area contributed by atoms with E-state index in [0.29, 0.717) is 11.4 Å². The lowest BCUT2D eigenvalue weighted by atomic mass is 10.3. The first kappa shape index (κ1) is 9.56. The molecule has 0 unspecified atom stereocenters. The molecule has 0 saturated heterocycles. The Hall–Kier alpha value is -1.53. The maximum atomic E-state index is 9.95. The fraction of sp³-hybridized carbons (Fsp3) is 0.111. The summed E-state index contributed by atoms with van der Waals surface area (Å²) in [6, 6.07) is 3.28. The summed E-state index contributed by atoms with van der Waals surface area (Å²) in [4.78, 5) is 13.8. The monoisotopic (exact) mass is 194 g/mol. The Balaban J connectivity index is 2.87. The van der Waals surface area contributed by atoms with Crippen molar-refractivity contribution < 1.29 is 4.79 Å². The summed E-state index contributed by atoms with van der Waals surface area (Å²) in [5.74, 6) is 5.30. The molecule has 4 heteroatoms. The Morgan fingerprint density at radius 1 is 1.62 bits per heavy atom. The van der Waals surface area contributed by atoms with Crippen LogP contribution in [0.4, 0.5) is 5.69 Å². The predicted octanol–water partition coefficient (Wildman–Crippen LogP) is 1.26. The maximum absolute atomic E-state index is 9.95. The number of aromatic nitrogens is 1. The van der Waals surface area contributed by atoms with Gasteiger partial charge in [0.1, 0.15) is 12.0 Å². The number of anilines is 1. The molecule has 0 aliphatic heterocycles. The van der Waals surface area contributed by atoms with Gasteiger partial charge in [0.05, 0.1) is 12.1 Å². The zero-order valence-corrected chi connectivity index (χ0v) is 7.51. The second kappa shape index (κ2) is 4.48. The summed E-state index contributed by atoms with van der Waals surface area (Å²) < 4.78 is 0. The van der Waals surface area contributed by atoms with Gasteiger partial charge in [0.25, 0.3) is 0 Å². The zero-order chi connectivity index (χ0) is 9.68. The molecule has 1 rings (SSSR count). The van der Waals surface area contributed by atoms with Crippen molar-refractivity contribution in [1.82, 2.24) is 4.98 Å². The average Bonchev–Trinajstić information content (AvgIpc) is 2.12. The van der Waals surface area contributed by atoms with E-state index in [1.54, 1.807) is 12.1 Å². The van der Waals surface area contributed by atoms with E-state index in [-0.39, 0.29) is 11.6 Å². The number of nitrogen functional groups attached to an aromatic ring is 1. The molecule has 0 spiro atoms. The van der Waals surface area contributed by atoms with E-state index < -0.39 is 0 Å². The second-order valence-electron chi connectivity index (χ2n) is 2.25. The average molecular weight is 195 g/mol. The van der Waals surface area contributed by atoms with Crippen LogP contribution in [-0.4, -0.2) is 11.3 Å². The molecule has 0 aliphatic rings. The van der Waals surface area contributed by atoms with Gasteiger partial charge in [0, 0.05) is 0 Å².